The molecule has 2 nitrogen and oxygen atoms in total. The first-order chi connectivity index (χ1) is 4.21. The molecular weight excluding hydrogens is 116 g/mol. The number of ketones is 1. The Bertz CT molecular complexity index is 164. The van der Waals surface area contributed by atoms with E-state index >= 15 is 0 Å². The molecule has 0 spiro atoms. The zero-order valence-corrected chi connectivity index (χ0v) is 5.52. The van der Waals surface area contributed by atoms with Gasteiger partial charge in [-0.15, -0.1) is 0 Å². The zero-order valence-electron chi connectivity index (χ0n) is 5.52. The molecule has 0 N–H and O–H groups in total. The van der Waals surface area contributed by atoms with Crippen LogP contribution in [0.2, 0.25) is 0 Å². The third-order valence-electron chi connectivity index (χ3n) is 2.37. The van der Waals surface area contributed by atoms with Crippen LogP contribution in [0.15, 0.2) is 0 Å². The van der Waals surface area contributed by atoms with Crippen molar-refractivity contribution in [3.05, 3.63) is 0 Å². The summed E-state index contributed by atoms with van der Waals surface area (Å²) in [6.45, 7) is 1.91. The van der Waals surface area contributed by atoms with Crippen LogP contribution < -0.4 is 0 Å². The van der Waals surface area contributed by atoms with Crippen molar-refractivity contribution in [3.63, 3.8) is 0 Å². The number of ether oxygens (including phenoxy) is 1. The smallest absolute Gasteiger partial charge is 0.166 e. The molecule has 0 radical (unpaired) electrons. The molecule has 2 atom stereocenters. The van der Waals surface area contributed by atoms with E-state index in [0.717, 1.165) is 12.8 Å². The van der Waals surface area contributed by atoms with Crippen LogP contribution in [0, 0.1) is 0 Å². The summed E-state index contributed by atoms with van der Waals surface area (Å²) in [6.07, 6.45) is 2.96. The second-order valence-corrected chi connectivity index (χ2v) is 3.14. The van der Waals surface area contributed by atoms with Crippen LogP contribution in [0.4, 0.5) is 0 Å². The van der Waals surface area contributed by atoms with E-state index in [1.807, 2.05) is 6.92 Å². The van der Waals surface area contributed by atoms with E-state index in [1.165, 1.54) is 0 Å². The van der Waals surface area contributed by atoms with Crippen LogP contribution in [0.3, 0.4) is 0 Å². The van der Waals surface area contributed by atoms with Crippen molar-refractivity contribution in [2.24, 2.45) is 0 Å². The number of hydrogen-bond acceptors (Lipinski definition) is 2. The molecule has 2 heterocycles. The Balaban J connectivity index is 2.32. The van der Waals surface area contributed by atoms with E-state index in [2.05, 4.69) is 0 Å². The summed E-state index contributed by atoms with van der Waals surface area (Å²) >= 11 is 0. The van der Waals surface area contributed by atoms with Crippen molar-refractivity contribution in [3.8, 4) is 0 Å². The first-order valence-corrected chi connectivity index (χ1v) is 3.42. The Hall–Kier alpha value is -0.370. The minimum atomic E-state index is -0.370. The highest BCUT2D eigenvalue weighted by atomic mass is 16.5. The second-order valence-electron chi connectivity index (χ2n) is 3.14. The number of fused-ring (bicyclic) bond motifs is 2. The molecule has 50 valence electrons. The van der Waals surface area contributed by atoms with Crippen molar-refractivity contribution in [1.82, 2.24) is 0 Å². The SMILES string of the molecule is C[C@]12CC[C@H](CC1=O)O2. The lowest BCUT2D eigenvalue weighted by atomic mass is 9.89. The number of carbonyl (C=O) groups excluding carboxylic acids is 1. The van der Waals surface area contributed by atoms with Crippen LogP contribution in [-0.4, -0.2) is 17.5 Å². The van der Waals surface area contributed by atoms with Gasteiger partial charge in [-0.3, -0.25) is 4.79 Å². The summed E-state index contributed by atoms with van der Waals surface area (Å²) in [4.78, 5) is 11.0. The molecule has 2 bridgehead atoms. The molecule has 0 amide bonds. The molecule has 0 aromatic carbocycles. The molecule has 0 aromatic rings. The van der Waals surface area contributed by atoms with Gasteiger partial charge in [0.2, 0.25) is 0 Å². The molecule has 2 rings (SSSR count). The average molecular weight is 126 g/mol. The third-order valence-corrected chi connectivity index (χ3v) is 2.37. The Labute approximate surface area is 54.2 Å². The summed E-state index contributed by atoms with van der Waals surface area (Å²) in [5.74, 6) is 0.304. The van der Waals surface area contributed by atoms with Crippen molar-refractivity contribution in [1.29, 1.82) is 0 Å². The highest BCUT2D eigenvalue weighted by molar-refractivity contribution is 5.90. The lowest BCUT2D eigenvalue weighted by molar-refractivity contribution is -0.128. The molecule has 0 aromatic heterocycles. The van der Waals surface area contributed by atoms with Gasteiger partial charge < -0.3 is 4.74 Å². The van der Waals surface area contributed by atoms with Crippen molar-refractivity contribution in [2.45, 2.75) is 37.9 Å². The van der Waals surface area contributed by atoms with Gasteiger partial charge in [0.1, 0.15) is 5.60 Å². The number of carbonyl (C=O) groups is 1. The van der Waals surface area contributed by atoms with E-state index in [9.17, 15) is 4.79 Å². The predicted octanol–water partition coefficient (Wildman–Crippen LogP) is 0.897. The van der Waals surface area contributed by atoms with Crippen molar-refractivity contribution in [2.75, 3.05) is 0 Å². The molecule has 9 heavy (non-hydrogen) atoms. The monoisotopic (exact) mass is 126 g/mol. The fourth-order valence-electron chi connectivity index (χ4n) is 1.69. The Morgan fingerprint density at radius 1 is 1.78 bits per heavy atom. The Kier molecular flexibility index (Phi) is 0.826. The van der Waals surface area contributed by atoms with Crippen molar-refractivity contribution >= 4 is 5.78 Å². The fraction of sp³-hybridized carbons (Fsp3) is 0.857. The van der Waals surface area contributed by atoms with E-state index < -0.39 is 0 Å². The minimum Gasteiger partial charge on any atom is -0.364 e. The largest absolute Gasteiger partial charge is 0.364 e. The van der Waals surface area contributed by atoms with Gasteiger partial charge in [-0.1, -0.05) is 0 Å². The van der Waals surface area contributed by atoms with Crippen LogP contribution in [0.1, 0.15) is 26.2 Å². The maximum Gasteiger partial charge on any atom is 0.166 e. The first kappa shape index (κ1) is 5.42. The number of rotatable bonds is 0. The van der Waals surface area contributed by atoms with Gasteiger partial charge in [0, 0.05) is 6.42 Å². The average Bonchev–Trinajstić information content (AvgIpc) is 2.22. The Morgan fingerprint density at radius 3 is 2.78 bits per heavy atom. The lowest BCUT2D eigenvalue weighted by Gasteiger charge is -2.14. The van der Waals surface area contributed by atoms with Crippen LogP contribution in [0.5, 0.6) is 0 Å². The van der Waals surface area contributed by atoms with Gasteiger partial charge in [0.15, 0.2) is 5.78 Å². The quantitative estimate of drug-likeness (QED) is 0.482. The molecule has 0 aliphatic carbocycles. The van der Waals surface area contributed by atoms with Crippen LogP contribution in [0.25, 0.3) is 0 Å². The molecular formula is C7H10O2. The summed E-state index contributed by atoms with van der Waals surface area (Å²) in [5, 5.41) is 0. The van der Waals surface area contributed by atoms with Crippen LogP contribution in [-0.2, 0) is 9.53 Å². The topological polar surface area (TPSA) is 26.3 Å². The zero-order chi connectivity index (χ0) is 6.48. The first-order valence-electron chi connectivity index (χ1n) is 3.42. The van der Waals surface area contributed by atoms with Gasteiger partial charge in [-0.05, 0) is 19.8 Å². The molecule has 2 aliphatic rings. The van der Waals surface area contributed by atoms with Gasteiger partial charge in [0.05, 0.1) is 6.10 Å². The Morgan fingerprint density at radius 2 is 2.56 bits per heavy atom. The van der Waals surface area contributed by atoms with Crippen LogP contribution >= 0.6 is 0 Å². The molecule has 0 saturated carbocycles. The number of Topliss-reactive ketones (excluding diaryl/α,β-unsaturated/α-hetero) is 1. The maximum absolute atomic E-state index is 11.0. The second kappa shape index (κ2) is 1.37. The molecule has 0 unspecified atom stereocenters. The molecule has 2 saturated heterocycles. The van der Waals surface area contributed by atoms with E-state index in [-0.39, 0.29) is 11.7 Å². The van der Waals surface area contributed by atoms with Gasteiger partial charge >= 0.3 is 0 Å². The van der Waals surface area contributed by atoms with Crippen molar-refractivity contribution < 1.29 is 9.53 Å². The molecule has 2 aliphatic heterocycles. The summed E-state index contributed by atoms with van der Waals surface area (Å²) in [6, 6.07) is 0. The standard InChI is InChI=1S/C7H10O2/c1-7-3-2-5(9-7)4-6(7)8/h5H,2-4H2,1H3/t5-,7+/m1/s1. The normalized spacial score (nSPS) is 48.6. The molecule has 2 fully saturated rings. The predicted molar refractivity (Wildman–Crippen MR) is 32.1 cm³/mol. The summed E-state index contributed by atoms with van der Waals surface area (Å²) < 4.78 is 5.42. The lowest BCUT2D eigenvalue weighted by Crippen LogP contribution is -2.29. The fourth-order valence-corrected chi connectivity index (χ4v) is 1.69. The number of hydrogen-bond donors (Lipinski definition) is 0. The highest BCUT2D eigenvalue weighted by Gasteiger charge is 2.49. The van der Waals surface area contributed by atoms with E-state index in [0.29, 0.717) is 12.2 Å². The highest BCUT2D eigenvalue weighted by Crippen LogP contribution is 2.40. The van der Waals surface area contributed by atoms with E-state index in [1.54, 1.807) is 0 Å². The molecule has 2 heteroatoms. The minimum absolute atomic E-state index is 0.266. The van der Waals surface area contributed by atoms with E-state index in [4.69, 9.17) is 4.74 Å². The summed E-state index contributed by atoms with van der Waals surface area (Å²) in [7, 11) is 0. The summed E-state index contributed by atoms with van der Waals surface area (Å²) in [5.41, 5.74) is -0.370. The maximum atomic E-state index is 11.0. The van der Waals surface area contributed by atoms with Gasteiger partial charge in [-0.2, -0.15) is 0 Å². The van der Waals surface area contributed by atoms with Gasteiger partial charge in [0.25, 0.3) is 0 Å². The van der Waals surface area contributed by atoms with Gasteiger partial charge in [-0.25, -0.2) is 0 Å². The third kappa shape index (κ3) is 0.568.